The van der Waals surface area contributed by atoms with Crippen LogP contribution in [0, 0.1) is 12.8 Å². The Morgan fingerprint density at radius 3 is 3.09 bits per heavy atom. The Kier molecular flexibility index (Phi) is 2.58. The predicted molar refractivity (Wildman–Crippen MR) is 88.1 cm³/mol. The van der Waals surface area contributed by atoms with Gasteiger partial charge in [-0.2, -0.15) is 0 Å². The standard InChI is InChI=1S/C20H22N2/c1-13-4-2-6-16-15(13)11-18-17-10-14-5-3-8-21-19(14)12-20(16,17)7-9-22-18/h2-6,8,17-18,22H,7,9-12H2,1H3/t17-,18+,20+/m0/s1. The maximum absolute atomic E-state index is 4.73. The Balaban J connectivity index is 1.75. The molecule has 0 radical (unpaired) electrons. The van der Waals surface area contributed by atoms with Gasteiger partial charge in [0.1, 0.15) is 0 Å². The van der Waals surface area contributed by atoms with Crippen LogP contribution in [0.25, 0.3) is 0 Å². The van der Waals surface area contributed by atoms with E-state index in [9.17, 15) is 0 Å². The van der Waals surface area contributed by atoms with Crippen molar-refractivity contribution in [1.82, 2.24) is 10.3 Å². The molecule has 2 heterocycles. The summed E-state index contributed by atoms with van der Waals surface area (Å²) in [7, 11) is 0. The minimum absolute atomic E-state index is 0.316. The molecule has 3 aliphatic rings. The van der Waals surface area contributed by atoms with E-state index >= 15 is 0 Å². The normalized spacial score (nSPS) is 31.9. The molecule has 1 aliphatic heterocycles. The van der Waals surface area contributed by atoms with Crippen LogP contribution in [0.2, 0.25) is 0 Å². The van der Waals surface area contributed by atoms with Crippen molar-refractivity contribution in [3.05, 3.63) is 64.5 Å². The molecule has 0 saturated carbocycles. The lowest BCUT2D eigenvalue weighted by Crippen LogP contribution is -2.61. The third kappa shape index (κ3) is 1.56. The summed E-state index contributed by atoms with van der Waals surface area (Å²) in [6.07, 6.45) is 6.73. The van der Waals surface area contributed by atoms with Crippen LogP contribution in [0.5, 0.6) is 0 Å². The number of aryl methyl sites for hydroxylation is 1. The van der Waals surface area contributed by atoms with E-state index in [0.29, 0.717) is 11.5 Å². The zero-order valence-corrected chi connectivity index (χ0v) is 13.1. The summed E-state index contributed by atoms with van der Waals surface area (Å²) in [5, 5.41) is 3.82. The Labute approximate surface area is 132 Å². The number of hydrogen-bond acceptors (Lipinski definition) is 2. The fourth-order valence-corrected chi connectivity index (χ4v) is 5.41. The number of aromatic nitrogens is 1. The van der Waals surface area contributed by atoms with Gasteiger partial charge in [-0.05, 0) is 67.0 Å². The third-order valence-electron chi connectivity index (χ3n) is 6.45. The SMILES string of the molecule is Cc1cccc2c1C[C@H]1NCC[C@@]23Cc2ncccc2C[C@@H]13. The second kappa shape index (κ2) is 4.42. The van der Waals surface area contributed by atoms with Crippen LogP contribution < -0.4 is 5.32 Å². The molecule has 0 spiro atoms. The van der Waals surface area contributed by atoms with Gasteiger partial charge < -0.3 is 5.32 Å². The lowest BCUT2D eigenvalue weighted by Gasteiger charge is -2.56. The van der Waals surface area contributed by atoms with E-state index < -0.39 is 0 Å². The minimum atomic E-state index is 0.316. The van der Waals surface area contributed by atoms with Gasteiger partial charge in [-0.1, -0.05) is 24.3 Å². The zero-order chi connectivity index (χ0) is 14.7. The largest absolute Gasteiger partial charge is 0.313 e. The van der Waals surface area contributed by atoms with E-state index in [-0.39, 0.29) is 0 Å². The fourth-order valence-electron chi connectivity index (χ4n) is 5.41. The van der Waals surface area contributed by atoms with E-state index in [1.165, 1.54) is 36.1 Å². The predicted octanol–water partition coefficient (Wildman–Crippen LogP) is 2.96. The number of rotatable bonds is 0. The topological polar surface area (TPSA) is 24.9 Å². The summed E-state index contributed by atoms with van der Waals surface area (Å²) in [5.74, 6) is 0.729. The Morgan fingerprint density at radius 1 is 1.18 bits per heavy atom. The molecule has 2 bridgehead atoms. The molecule has 2 aromatic rings. The highest BCUT2D eigenvalue weighted by molar-refractivity contribution is 5.48. The van der Waals surface area contributed by atoms with Crippen LogP contribution >= 0.6 is 0 Å². The Hall–Kier alpha value is -1.67. The molecule has 0 amide bonds. The van der Waals surface area contributed by atoms with Crippen LogP contribution in [0.3, 0.4) is 0 Å². The molecule has 112 valence electrons. The van der Waals surface area contributed by atoms with Crippen molar-refractivity contribution < 1.29 is 0 Å². The van der Waals surface area contributed by atoms with Gasteiger partial charge in [-0.15, -0.1) is 0 Å². The van der Waals surface area contributed by atoms with Crippen molar-refractivity contribution in [2.24, 2.45) is 5.92 Å². The van der Waals surface area contributed by atoms with Crippen LogP contribution in [0.15, 0.2) is 36.5 Å². The molecule has 0 unspecified atom stereocenters. The number of fused-ring (bicyclic) bond motifs is 2. The fraction of sp³-hybridized carbons (Fsp3) is 0.450. The van der Waals surface area contributed by atoms with E-state index in [4.69, 9.17) is 4.98 Å². The number of nitrogens with one attached hydrogen (secondary N) is 1. The first-order valence-electron chi connectivity index (χ1n) is 8.53. The van der Waals surface area contributed by atoms with E-state index in [1.807, 2.05) is 6.20 Å². The number of hydrogen-bond donors (Lipinski definition) is 1. The van der Waals surface area contributed by atoms with Crippen molar-refractivity contribution in [3.63, 3.8) is 0 Å². The zero-order valence-electron chi connectivity index (χ0n) is 13.1. The van der Waals surface area contributed by atoms with Crippen molar-refractivity contribution in [3.8, 4) is 0 Å². The second-order valence-corrected chi connectivity index (χ2v) is 7.37. The summed E-state index contributed by atoms with van der Waals surface area (Å²) in [6, 6.07) is 12.0. The Bertz CT molecular complexity index is 751. The van der Waals surface area contributed by atoms with Crippen molar-refractivity contribution in [2.75, 3.05) is 6.54 Å². The minimum Gasteiger partial charge on any atom is -0.313 e. The summed E-state index contributed by atoms with van der Waals surface area (Å²) in [4.78, 5) is 4.73. The molecular formula is C20H22N2. The lowest BCUT2D eigenvalue weighted by molar-refractivity contribution is 0.113. The van der Waals surface area contributed by atoms with Gasteiger partial charge in [-0.3, -0.25) is 4.98 Å². The number of nitrogens with zero attached hydrogens (tertiary/aromatic N) is 1. The van der Waals surface area contributed by atoms with Gasteiger partial charge in [0, 0.05) is 29.8 Å². The molecule has 1 N–H and O–H groups in total. The Morgan fingerprint density at radius 2 is 2.14 bits per heavy atom. The maximum atomic E-state index is 4.73. The van der Waals surface area contributed by atoms with Gasteiger partial charge in [0.15, 0.2) is 0 Å². The smallest absolute Gasteiger partial charge is 0.0444 e. The molecule has 2 nitrogen and oxygen atoms in total. The van der Waals surface area contributed by atoms with Gasteiger partial charge >= 0.3 is 0 Å². The van der Waals surface area contributed by atoms with Crippen molar-refractivity contribution >= 4 is 0 Å². The molecule has 2 aliphatic carbocycles. The second-order valence-electron chi connectivity index (χ2n) is 7.37. The number of piperidine rings is 1. The average molecular weight is 290 g/mol. The summed E-state index contributed by atoms with van der Waals surface area (Å²) in [5.41, 5.74) is 7.84. The summed E-state index contributed by atoms with van der Waals surface area (Å²) in [6.45, 7) is 3.43. The van der Waals surface area contributed by atoms with Crippen LogP contribution in [-0.4, -0.2) is 17.6 Å². The maximum Gasteiger partial charge on any atom is 0.0444 e. The lowest BCUT2D eigenvalue weighted by atomic mass is 9.52. The highest BCUT2D eigenvalue weighted by atomic mass is 15.0. The van der Waals surface area contributed by atoms with Crippen molar-refractivity contribution in [2.45, 2.75) is 44.1 Å². The molecule has 1 saturated heterocycles. The van der Waals surface area contributed by atoms with Gasteiger partial charge in [0.25, 0.3) is 0 Å². The van der Waals surface area contributed by atoms with Gasteiger partial charge in [-0.25, -0.2) is 0 Å². The third-order valence-corrected chi connectivity index (χ3v) is 6.45. The van der Waals surface area contributed by atoms with Crippen LogP contribution in [0.4, 0.5) is 0 Å². The highest BCUT2D eigenvalue weighted by Crippen LogP contribution is 2.52. The first-order chi connectivity index (χ1) is 10.8. The van der Waals surface area contributed by atoms with Gasteiger partial charge in [0.05, 0.1) is 0 Å². The number of pyridine rings is 1. The van der Waals surface area contributed by atoms with Crippen LogP contribution in [-0.2, 0) is 24.7 Å². The summed E-state index contributed by atoms with van der Waals surface area (Å²) < 4.78 is 0. The first-order valence-corrected chi connectivity index (χ1v) is 8.53. The van der Waals surface area contributed by atoms with E-state index in [1.54, 1.807) is 11.1 Å². The molecule has 3 atom stereocenters. The molecule has 1 aromatic carbocycles. The number of benzene rings is 1. The molecule has 1 aromatic heterocycles. The average Bonchev–Trinajstić information content (AvgIpc) is 2.54. The molecule has 22 heavy (non-hydrogen) atoms. The molecule has 5 rings (SSSR count). The highest BCUT2D eigenvalue weighted by Gasteiger charge is 2.53. The molecule has 2 heteroatoms. The first kappa shape index (κ1) is 12.8. The van der Waals surface area contributed by atoms with Crippen molar-refractivity contribution in [1.29, 1.82) is 0 Å². The molecular weight excluding hydrogens is 268 g/mol. The monoisotopic (exact) mass is 290 g/mol. The van der Waals surface area contributed by atoms with E-state index in [0.717, 1.165) is 18.9 Å². The van der Waals surface area contributed by atoms with Gasteiger partial charge in [0.2, 0.25) is 0 Å². The quantitative estimate of drug-likeness (QED) is 0.807. The van der Waals surface area contributed by atoms with Crippen LogP contribution in [0.1, 0.15) is 34.4 Å². The summed E-state index contributed by atoms with van der Waals surface area (Å²) >= 11 is 0. The van der Waals surface area contributed by atoms with E-state index in [2.05, 4.69) is 42.6 Å². The molecule has 1 fully saturated rings.